The van der Waals surface area contributed by atoms with E-state index in [0.717, 1.165) is 6.42 Å². The highest BCUT2D eigenvalue weighted by atomic mass is 16.5. The minimum absolute atomic E-state index is 0.0449. The highest BCUT2D eigenvalue weighted by Gasteiger charge is 2.16. The van der Waals surface area contributed by atoms with E-state index in [1.54, 1.807) is 19.2 Å². The van der Waals surface area contributed by atoms with Gasteiger partial charge in [-0.15, -0.1) is 0 Å². The van der Waals surface area contributed by atoms with Gasteiger partial charge in [-0.2, -0.15) is 0 Å². The van der Waals surface area contributed by atoms with Gasteiger partial charge in [-0.05, 0) is 26.3 Å². The van der Waals surface area contributed by atoms with Gasteiger partial charge < -0.3 is 14.6 Å². The van der Waals surface area contributed by atoms with Crippen LogP contribution in [0.25, 0.3) is 0 Å². The molecule has 0 aliphatic heterocycles. The molecule has 0 fully saturated rings. The average molecular weight is 253 g/mol. The van der Waals surface area contributed by atoms with Crippen LogP contribution in [-0.4, -0.2) is 35.4 Å². The number of pyridine rings is 1. The monoisotopic (exact) mass is 253 g/mol. The minimum Gasteiger partial charge on any atom is -0.477 e. The highest BCUT2D eigenvalue weighted by Crippen LogP contribution is 2.14. The summed E-state index contributed by atoms with van der Waals surface area (Å²) in [4.78, 5) is 14.7. The first-order valence-electron chi connectivity index (χ1n) is 5.76. The number of carbonyl (C=O) groups is 1. The molecule has 1 aromatic rings. The Hall–Kier alpha value is -1.46. The van der Waals surface area contributed by atoms with Crippen molar-refractivity contribution in [3.63, 3.8) is 0 Å². The lowest BCUT2D eigenvalue weighted by Crippen LogP contribution is -2.24. The summed E-state index contributed by atoms with van der Waals surface area (Å²) in [7, 11) is 1.66. The second-order valence-electron chi connectivity index (χ2n) is 4.58. The van der Waals surface area contributed by atoms with Crippen molar-refractivity contribution >= 4 is 5.97 Å². The van der Waals surface area contributed by atoms with Crippen LogP contribution in [0, 0.1) is 0 Å². The maximum atomic E-state index is 10.9. The number of rotatable bonds is 7. The number of aromatic carboxylic acids is 1. The lowest BCUT2D eigenvalue weighted by Gasteiger charge is -2.22. The third-order valence-electron chi connectivity index (χ3n) is 2.75. The van der Waals surface area contributed by atoms with E-state index in [9.17, 15) is 4.79 Å². The maximum Gasteiger partial charge on any atom is 0.354 e. The Bertz CT molecular complexity index is 404. The third-order valence-corrected chi connectivity index (χ3v) is 2.75. The van der Waals surface area contributed by atoms with Gasteiger partial charge in [0, 0.05) is 25.5 Å². The predicted octanol–water partition coefficient (Wildman–Crippen LogP) is 2.11. The number of ether oxygens (including phenoxy) is 2. The van der Waals surface area contributed by atoms with Crippen LogP contribution in [0.15, 0.2) is 18.3 Å². The summed E-state index contributed by atoms with van der Waals surface area (Å²) in [5, 5.41) is 8.95. The van der Waals surface area contributed by atoms with E-state index in [-0.39, 0.29) is 17.9 Å². The zero-order chi connectivity index (χ0) is 13.6. The van der Waals surface area contributed by atoms with Crippen LogP contribution in [0.1, 0.15) is 36.3 Å². The molecular weight excluding hydrogens is 234 g/mol. The lowest BCUT2D eigenvalue weighted by atomic mass is 10.1. The molecule has 0 unspecified atom stereocenters. The Kier molecular flexibility index (Phi) is 5.25. The summed E-state index contributed by atoms with van der Waals surface area (Å²) < 4.78 is 10.7. The number of carboxylic acids is 1. The Morgan fingerprint density at radius 2 is 2.22 bits per heavy atom. The van der Waals surface area contributed by atoms with Crippen LogP contribution in [0.3, 0.4) is 0 Å². The quantitative estimate of drug-likeness (QED) is 0.754. The zero-order valence-electron chi connectivity index (χ0n) is 11.0. The molecule has 0 aliphatic rings. The molecule has 0 saturated carbocycles. The molecule has 1 rings (SSSR count). The largest absolute Gasteiger partial charge is 0.477 e. The molecule has 0 aromatic carbocycles. The molecule has 1 heterocycles. The van der Waals surface area contributed by atoms with Gasteiger partial charge in [0.15, 0.2) is 5.69 Å². The summed E-state index contributed by atoms with van der Waals surface area (Å²) >= 11 is 0. The molecule has 1 aromatic heterocycles. The highest BCUT2D eigenvalue weighted by molar-refractivity contribution is 5.86. The number of methoxy groups -OCH3 is 1. The fraction of sp³-hybridized carbons (Fsp3) is 0.538. The van der Waals surface area contributed by atoms with Gasteiger partial charge in [-0.1, -0.05) is 6.07 Å². The standard InChI is InChI=1S/C13H19NO4/c1-13(2,17-3)6-8-18-9-10-5-4-7-14-11(10)12(15)16/h4-5,7H,6,8-9H2,1-3H3,(H,15,16). The molecule has 0 radical (unpaired) electrons. The molecular formula is C13H19NO4. The number of nitrogens with zero attached hydrogens (tertiary/aromatic N) is 1. The van der Waals surface area contributed by atoms with E-state index in [2.05, 4.69) is 4.98 Å². The van der Waals surface area contributed by atoms with E-state index in [1.165, 1.54) is 6.20 Å². The van der Waals surface area contributed by atoms with E-state index >= 15 is 0 Å². The minimum atomic E-state index is -1.04. The first kappa shape index (κ1) is 14.6. The van der Waals surface area contributed by atoms with E-state index in [0.29, 0.717) is 12.2 Å². The molecule has 5 nitrogen and oxygen atoms in total. The van der Waals surface area contributed by atoms with E-state index < -0.39 is 5.97 Å². The molecule has 0 amide bonds. The van der Waals surface area contributed by atoms with Gasteiger partial charge in [0.1, 0.15) is 0 Å². The third kappa shape index (κ3) is 4.43. The molecule has 1 N–H and O–H groups in total. The van der Waals surface area contributed by atoms with Crippen molar-refractivity contribution in [2.24, 2.45) is 0 Å². The van der Waals surface area contributed by atoms with Crippen molar-refractivity contribution < 1.29 is 19.4 Å². The average Bonchev–Trinajstić information content (AvgIpc) is 2.35. The molecule has 5 heteroatoms. The predicted molar refractivity (Wildman–Crippen MR) is 66.6 cm³/mol. The fourth-order valence-corrected chi connectivity index (χ4v) is 1.35. The fourth-order valence-electron chi connectivity index (χ4n) is 1.35. The van der Waals surface area contributed by atoms with Crippen LogP contribution < -0.4 is 0 Å². The van der Waals surface area contributed by atoms with E-state index in [1.807, 2.05) is 13.8 Å². The van der Waals surface area contributed by atoms with Crippen LogP contribution >= 0.6 is 0 Å². The van der Waals surface area contributed by atoms with Crippen LogP contribution in [0.2, 0.25) is 0 Å². The van der Waals surface area contributed by atoms with Crippen LogP contribution in [0.5, 0.6) is 0 Å². The van der Waals surface area contributed by atoms with Crippen molar-refractivity contribution in [1.82, 2.24) is 4.98 Å². The number of carboxylic acid groups (broad SMARTS) is 1. The van der Waals surface area contributed by atoms with E-state index in [4.69, 9.17) is 14.6 Å². The van der Waals surface area contributed by atoms with Crippen molar-refractivity contribution in [1.29, 1.82) is 0 Å². The lowest BCUT2D eigenvalue weighted by molar-refractivity contribution is -0.0126. The van der Waals surface area contributed by atoms with Crippen molar-refractivity contribution in [2.45, 2.75) is 32.5 Å². The molecule has 100 valence electrons. The molecule has 0 atom stereocenters. The van der Waals surface area contributed by atoms with Gasteiger partial charge in [0.2, 0.25) is 0 Å². The maximum absolute atomic E-state index is 10.9. The molecule has 18 heavy (non-hydrogen) atoms. The van der Waals surface area contributed by atoms with Gasteiger partial charge in [-0.25, -0.2) is 9.78 Å². The van der Waals surface area contributed by atoms with Gasteiger partial charge >= 0.3 is 5.97 Å². The summed E-state index contributed by atoms with van der Waals surface area (Å²) in [5.41, 5.74) is 0.397. The first-order chi connectivity index (χ1) is 8.46. The smallest absolute Gasteiger partial charge is 0.354 e. The summed E-state index contributed by atoms with van der Waals surface area (Å²) in [6, 6.07) is 3.40. The first-order valence-corrected chi connectivity index (χ1v) is 5.76. The van der Waals surface area contributed by atoms with Crippen molar-refractivity contribution in [3.8, 4) is 0 Å². The second-order valence-corrected chi connectivity index (χ2v) is 4.58. The van der Waals surface area contributed by atoms with Crippen molar-refractivity contribution in [2.75, 3.05) is 13.7 Å². The molecule has 0 bridgehead atoms. The van der Waals surface area contributed by atoms with Crippen molar-refractivity contribution in [3.05, 3.63) is 29.6 Å². The SMILES string of the molecule is COC(C)(C)CCOCc1cccnc1C(=O)O. The van der Waals surface area contributed by atoms with Gasteiger partial charge in [0.05, 0.1) is 12.2 Å². The topological polar surface area (TPSA) is 68.7 Å². The van der Waals surface area contributed by atoms with Gasteiger partial charge in [0.25, 0.3) is 0 Å². The summed E-state index contributed by atoms with van der Waals surface area (Å²) in [6.45, 7) is 4.70. The molecule has 0 spiro atoms. The van der Waals surface area contributed by atoms with Gasteiger partial charge in [-0.3, -0.25) is 0 Å². The Morgan fingerprint density at radius 1 is 1.50 bits per heavy atom. The summed E-state index contributed by atoms with van der Waals surface area (Å²) in [6.07, 6.45) is 2.20. The molecule has 0 saturated heterocycles. The number of hydrogen-bond acceptors (Lipinski definition) is 4. The second kappa shape index (κ2) is 6.47. The normalized spacial score (nSPS) is 11.5. The number of hydrogen-bond donors (Lipinski definition) is 1. The zero-order valence-corrected chi connectivity index (χ0v) is 11.0. The summed E-state index contributed by atoms with van der Waals surface area (Å²) in [5.74, 6) is -1.04. The van der Waals surface area contributed by atoms with Crippen LogP contribution in [-0.2, 0) is 16.1 Å². The Labute approximate surface area is 107 Å². The molecule has 0 aliphatic carbocycles. The number of aromatic nitrogens is 1. The van der Waals surface area contributed by atoms with Crippen LogP contribution in [0.4, 0.5) is 0 Å². The Morgan fingerprint density at radius 3 is 2.83 bits per heavy atom. The Balaban J connectivity index is 2.47.